The van der Waals surface area contributed by atoms with Crippen molar-refractivity contribution in [2.75, 3.05) is 18.7 Å². The van der Waals surface area contributed by atoms with Gasteiger partial charge in [-0.15, -0.1) is 0 Å². The van der Waals surface area contributed by atoms with Crippen LogP contribution in [0.5, 0.6) is 17.2 Å². The van der Waals surface area contributed by atoms with Crippen molar-refractivity contribution >= 4 is 17.3 Å². The van der Waals surface area contributed by atoms with Crippen molar-refractivity contribution in [3.8, 4) is 17.2 Å². The molecule has 2 N–H and O–H groups in total. The molecule has 2 aromatic rings. The number of para-hydroxylation sites is 1. The SMILES string of the molecule is CCOc1cc(Cl)cc(NCOc2ccccc2)c1O. The fraction of sp³-hybridized carbons (Fsp3) is 0.200. The Bertz CT molecular complexity index is 561. The van der Waals surface area contributed by atoms with Crippen LogP contribution >= 0.6 is 11.6 Å². The van der Waals surface area contributed by atoms with Gasteiger partial charge in [-0.2, -0.15) is 0 Å². The van der Waals surface area contributed by atoms with E-state index in [1.54, 1.807) is 12.1 Å². The molecule has 2 rings (SSSR count). The lowest BCUT2D eigenvalue weighted by Crippen LogP contribution is -2.09. The second-order valence-corrected chi connectivity index (χ2v) is 4.45. The number of aromatic hydroxyl groups is 1. The van der Waals surface area contributed by atoms with E-state index in [0.717, 1.165) is 5.75 Å². The minimum atomic E-state index is 0.0212. The zero-order chi connectivity index (χ0) is 14.4. The van der Waals surface area contributed by atoms with Gasteiger partial charge in [0.1, 0.15) is 5.75 Å². The molecule has 5 heteroatoms. The average molecular weight is 294 g/mol. The van der Waals surface area contributed by atoms with E-state index in [4.69, 9.17) is 21.1 Å². The quantitative estimate of drug-likeness (QED) is 0.626. The summed E-state index contributed by atoms with van der Waals surface area (Å²) in [5.74, 6) is 1.11. The molecule has 0 aromatic heterocycles. The minimum absolute atomic E-state index is 0.0212. The lowest BCUT2D eigenvalue weighted by Gasteiger charge is -2.13. The maximum absolute atomic E-state index is 10.0. The van der Waals surface area contributed by atoms with E-state index in [1.165, 1.54) is 0 Å². The number of phenolic OH excluding ortho intramolecular Hbond substituents is 1. The van der Waals surface area contributed by atoms with E-state index in [0.29, 0.717) is 23.1 Å². The van der Waals surface area contributed by atoms with Crippen molar-refractivity contribution in [2.24, 2.45) is 0 Å². The molecule has 0 heterocycles. The lowest BCUT2D eigenvalue weighted by molar-refractivity contribution is 0.317. The first-order chi connectivity index (χ1) is 9.70. The van der Waals surface area contributed by atoms with Crippen LogP contribution < -0.4 is 14.8 Å². The molecular formula is C15H16ClNO3. The Hall–Kier alpha value is -2.07. The van der Waals surface area contributed by atoms with Crippen LogP contribution in [-0.2, 0) is 0 Å². The van der Waals surface area contributed by atoms with Crippen molar-refractivity contribution < 1.29 is 14.6 Å². The maximum Gasteiger partial charge on any atom is 0.181 e. The van der Waals surface area contributed by atoms with Gasteiger partial charge in [0, 0.05) is 11.1 Å². The summed E-state index contributed by atoms with van der Waals surface area (Å²) in [4.78, 5) is 0. The molecule has 2 aromatic carbocycles. The van der Waals surface area contributed by atoms with E-state index in [-0.39, 0.29) is 12.5 Å². The Balaban J connectivity index is 2.02. The Morgan fingerprint density at radius 1 is 1.15 bits per heavy atom. The third kappa shape index (κ3) is 3.71. The molecule has 4 nitrogen and oxygen atoms in total. The Morgan fingerprint density at radius 3 is 2.60 bits per heavy atom. The van der Waals surface area contributed by atoms with Crippen molar-refractivity contribution in [1.29, 1.82) is 0 Å². The summed E-state index contributed by atoms with van der Waals surface area (Å²) in [7, 11) is 0. The second kappa shape index (κ2) is 6.91. The van der Waals surface area contributed by atoms with Gasteiger partial charge in [0.15, 0.2) is 18.2 Å². The summed E-state index contributed by atoms with van der Waals surface area (Å²) in [5.41, 5.74) is 0.469. The number of hydrogen-bond donors (Lipinski definition) is 2. The molecule has 0 aliphatic heterocycles. The van der Waals surface area contributed by atoms with Gasteiger partial charge in [-0.25, -0.2) is 0 Å². The van der Waals surface area contributed by atoms with E-state index >= 15 is 0 Å². The highest BCUT2D eigenvalue weighted by atomic mass is 35.5. The average Bonchev–Trinajstić information content (AvgIpc) is 2.45. The van der Waals surface area contributed by atoms with Crippen LogP contribution in [0.3, 0.4) is 0 Å². The van der Waals surface area contributed by atoms with Crippen LogP contribution in [0, 0.1) is 0 Å². The predicted molar refractivity (Wildman–Crippen MR) is 79.8 cm³/mol. The van der Waals surface area contributed by atoms with Crippen molar-refractivity contribution in [3.63, 3.8) is 0 Å². The highest BCUT2D eigenvalue weighted by Gasteiger charge is 2.10. The summed E-state index contributed by atoms with van der Waals surface area (Å²) in [6, 6.07) is 12.6. The standard InChI is InChI=1S/C15H16ClNO3/c1-2-19-14-9-11(16)8-13(15(14)18)17-10-20-12-6-4-3-5-7-12/h3-9,17-18H,2,10H2,1H3. The molecule has 0 amide bonds. The molecule has 0 fully saturated rings. The van der Waals surface area contributed by atoms with Gasteiger partial charge in [0.25, 0.3) is 0 Å². The van der Waals surface area contributed by atoms with Gasteiger partial charge < -0.3 is 19.9 Å². The lowest BCUT2D eigenvalue weighted by atomic mass is 10.2. The van der Waals surface area contributed by atoms with Crippen molar-refractivity contribution in [3.05, 3.63) is 47.5 Å². The van der Waals surface area contributed by atoms with Crippen LogP contribution in [-0.4, -0.2) is 18.4 Å². The Labute approximate surface area is 122 Å². The fourth-order valence-electron chi connectivity index (χ4n) is 1.69. The number of rotatable bonds is 6. The summed E-state index contributed by atoms with van der Waals surface area (Å²) in [6.45, 7) is 2.50. The van der Waals surface area contributed by atoms with Gasteiger partial charge in [-0.3, -0.25) is 0 Å². The predicted octanol–water partition coefficient (Wildman–Crippen LogP) is 3.89. The summed E-state index contributed by atoms with van der Waals surface area (Å²) in [6.07, 6.45) is 0. The Kier molecular flexibility index (Phi) is 4.96. The van der Waals surface area contributed by atoms with Gasteiger partial charge in [0.2, 0.25) is 0 Å². The highest BCUT2D eigenvalue weighted by molar-refractivity contribution is 6.31. The molecule has 0 saturated carbocycles. The van der Waals surface area contributed by atoms with Crippen LogP contribution in [0.25, 0.3) is 0 Å². The second-order valence-electron chi connectivity index (χ2n) is 4.01. The van der Waals surface area contributed by atoms with Gasteiger partial charge in [-0.1, -0.05) is 29.8 Å². The number of ether oxygens (including phenoxy) is 2. The van der Waals surface area contributed by atoms with E-state index in [2.05, 4.69) is 5.32 Å². The number of halogens is 1. The first-order valence-corrected chi connectivity index (χ1v) is 6.65. The minimum Gasteiger partial charge on any atom is -0.503 e. The first kappa shape index (κ1) is 14.3. The zero-order valence-electron chi connectivity index (χ0n) is 11.1. The number of benzene rings is 2. The van der Waals surface area contributed by atoms with Gasteiger partial charge >= 0.3 is 0 Å². The molecule has 0 radical (unpaired) electrons. The van der Waals surface area contributed by atoms with Crippen LogP contribution in [0.2, 0.25) is 5.02 Å². The monoisotopic (exact) mass is 293 g/mol. The molecule has 0 aliphatic carbocycles. The van der Waals surface area contributed by atoms with E-state index < -0.39 is 0 Å². The van der Waals surface area contributed by atoms with E-state index in [1.807, 2.05) is 37.3 Å². The van der Waals surface area contributed by atoms with Gasteiger partial charge in [-0.05, 0) is 25.1 Å². The molecule has 0 aliphatic rings. The van der Waals surface area contributed by atoms with Crippen LogP contribution in [0.4, 0.5) is 5.69 Å². The third-order valence-corrected chi connectivity index (χ3v) is 2.80. The summed E-state index contributed by atoms with van der Waals surface area (Å²) in [5, 5.41) is 13.5. The fourth-order valence-corrected chi connectivity index (χ4v) is 1.90. The van der Waals surface area contributed by atoms with Crippen molar-refractivity contribution in [2.45, 2.75) is 6.92 Å². The van der Waals surface area contributed by atoms with Crippen LogP contribution in [0.1, 0.15) is 6.92 Å². The van der Waals surface area contributed by atoms with Crippen molar-refractivity contribution in [1.82, 2.24) is 0 Å². The van der Waals surface area contributed by atoms with Gasteiger partial charge in [0.05, 0.1) is 12.3 Å². The maximum atomic E-state index is 10.0. The highest BCUT2D eigenvalue weighted by Crippen LogP contribution is 2.37. The zero-order valence-corrected chi connectivity index (χ0v) is 11.9. The number of phenols is 1. The molecule has 0 unspecified atom stereocenters. The number of nitrogens with one attached hydrogen (secondary N) is 1. The third-order valence-electron chi connectivity index (χ3n) is 2.58. The molecular weight excluding hydrogens is 278 g/mol. The molecule has 0 atom stereocenters. The topological polar surface area (TPSA) is 50.7 Å². The molecule has 0 spiro atoms. The molecule has 0 saturated heterocycles. The van der Waals surface area contributed by atoms with E-state index in [9.17, 15) is 5.11 Å². The summed E-state index contributed by atoms with van der Waals surface area (Å²) < 4.78 is 10.8. The smallest absolute Gasteiger partial charge is 0.181 e. The normalized spacial score (nSPS) is 10.1. The first-order valence-electron chi connectivity index (χ1n) is 6.27. The number of anilines is 1. The number of hydrogen-bond acceptors (Lipinski definition) is 4. The Morgan fingerprint density at radius 2 is 1.90 bits per heavy atom. The molecule has 106 valence electrons. The molecule has 20 heavy (non-hydrogen) atoms. The van der Waals surface area contributed by atoms with Crippen LogP contribution in [0.15, 0.2) is 42.5 Å². The largest absolute Gasteiger partial charge is 0.503 e. The summed E-state index contributed by atoms with van der Waals surface area (Å²) >= 11 is 5.98. The molecule has 0 bridgehead atoms.